The van der Waals surface area contributed by atoms with Crippen LogP contribution in [0, 0.1) is 10.1 Å². The van der Waals surface area contributed by atoms with E-state index in [0.29, 0.717) is 5.56 Å². The Morgan fingerprint density at radius 3 is 2.46 bits per heavy atom. The molecule has 0 aliphatic heterocycles. The van der Waals surface area contributed by atoms with Gasteiger partial charge >= 0.3 is 0 Å². The molecular formula is C19H17N3O4. The monoisotopic (exact) mass is 351 g/mol. The van der Waals surface area contributed by atoms with Crippen molar-refractivity contribution < 1.29 is 14.8 Å². The molecule has 7 nitrogen and oxygen atoms in total. The number of benzene rings is 2. The quantitative estimate of drug-likeness (QED) is 0.527. The number of nitrogens with one attached hydrogen (secondary N) is 1. The van der Waals surface area contributed by atoms with Crippen LogP contribution in [0.5, 0.6) is 5.75 Å². The molecule has 1 amide bonds. The number of amides is 1. The highest BCUT2D eigenvalue weighted by Gasteiger charge is 2.11. The number of carbonyl (C=O) groups is 1. The minimum absolute atomic E-state index is 0.0216. The Bertz CT molecular complexity index is 918. The van der Waals surface area contributed by atoms with Crippen LogP contribution in [0.25, 0.3) is 5.69 Å². The lowest BCUT2D eigenvalue weighted by atomic mass is 10.1. The number of nitro benzene ring substituents is 1. The highest BCUT2D eigenvalue weighted by Crippen LogP contribution is 2.22. The van der Waals surface area contributed by atoms with E-state index in [2.05, 4.69) is 5.32 Å². The average Bonchev–Trinajstić information content (AvgIpc) is 3.16. The van der Waals surface area contributed by atoms with Crippen LogP contribution < -0.4 is 5.32 Å². The van der Waals surface area contributed by atoms with Crippen LogP contribution in [0.15, 0.2) is 67.0 Å². The Morgan fingerprint density at radius 1 is 1.12 bits per heavy atom. The number of hydrogen-bond acceptors (Lipinski definition) is 4. The van der Waals surface area contributed by atoms with Gasteiger partial charge in [-0.3, -0.25) is 14.9 Å². The topological polar surface area (TPSA) is 97.4 Å². The van der Waals surface area contributed by atoms with Crippen molar-refractivity contribution in [2.45, 2.75) is 13.0 Å². The molecule has 3 rings (SSSR count). The van der Waals surface area contributed by atoms with Crippen LogP contribution in [0.4, 0.5) is 5.69 Å². The predicted octanol–water partition coefficient (Wildman–Crippen LogP) is 2.95. The minimum Gasteiger partial charge on any atom is -0.508 e. The van der Waals surface area contributed by atoms with Gasteiger partial charge in [0.25, 0.3) is 5.69 Å². The van der Waals surface area contributed by atoms with Gasteiger partial charge in [0.1, 0.15) is 5.75 Å². The third-order valence-corrected chi connectivity index (χ3v) is 3.95. The van der Waals surface area contributed by atoms with Crippen LogP contribution in [0.1, 0.15) is 11.1 Å². The molecule has 3 aromatic rings. The predicted molar refractivity (Wildman–Crippen MR) is 96.1 cm³/mol. The van der Waals surface area contributed by atoms with Gasteiger partial charge in [-0.1, -0.05) is 12.1 Å². The van der Waals surface area contributed by atoms with E-state index in [1.54, 1.807) is 0 Å². The van der Waals surface area contributed by atoms with E-state index in [4.69, 9.17) is 0 Å². The lowest BCUT2D eigenvalue weighted by Gasteiger charge is -2.08. The van der Waals surface area contributed by atoms with Gasteiger partial charge in [0.15, 0.2) is 0 Å². The number of phenols is 1. The number of carbonyl (C=O) groups excluding carboxylic acids is 1. The molecule has 0 atom stereocenters. The second kappa shape index (κ2) is 7.52. The van der Waals surface area contributed by atoms with Gasteiger partial charge in [-0.05, 0) is 35.9 Å². The molecule has 7 heteroatoms. The maximum atomic E-state index is 12.1. The van der Waals surface area contributed by atoms with Crippen molar-refractivity contribution in [1.82, 2.24) is 9.88 Å². The molecule has 2 aromatic carbocycles. The standard InChI is InChI=1S/C19H17N3O4/c23-18-8-7-17(22(25)26)12-15(18)13-20-19(24)11-14-3-5-16(6-4-14)21-9-1-2-10-21/h1-10,12,23H,11,13H2,(H,20,24). The van der Waals surface area contributed by atoms with Gasteiger partial charge in [-0.25, -0.2) is 0 Å². The molecule has 0 aliphatic carbocycles. The van der Waals surface area contributed by atoms with Gasteiger partial charge in [0.05, 0.1) is 11.3 Å². The molecule has 0 saturated heterocycles. The Hall–Kier alpha value is -3.61. The van der Waals surface area contributed by atoms with E-state index in [9.17, 15) is 20.0 Å². The van der Waals surface area contributed by atoms with Gasteiger partial charge in [0, 0.05) is 42.3 Å². The summed E-state index contributed by atoms with van der Waals surface area (Å²) in [5.41, 5.74) is 2.02. The summed E-state index contributed by atoms with van der Waals surface area (Å²) in [7, 11) is 0. The first kappa shape index (κ1) is 17.2. The smallest absolute Gasteiger partial charge is 0.270 e. The normalized spacial score (nSPS) is 10.5. The molecule has 1 aromatic heterocycles. The van der Waals surface area contributed by atoms with E-state index >= 15 is 0 Å². The molecule has 0 unspecified atom stereocenters. The Kier molecular flexibility index (Phi) is 4.98. The number of nitrogens with zero attached hydrogens (tertiary/aromatic N) is 2. The van der Waals surface area contributed by atoms with Gasteiger partial charge < -0.3 is 15.0 Å². The largest absolute Gasteiger partial charge is 0.508 e. The number of aromatic nitrogens is 1. The van der Waals surface area contributed by atoms with Gasteiger partial charge in [0.2, 0.25) is 5.91 Å². The third kappa shape index (κ3) is 4.07. The number of phenolic OH excluding ortho intramolecular Hbond substituents is 1. The average molecular weight is 351 g/mol. The first-order chi connectivity index (χ1) is 12.5. The number of hydrogen-bond donors (Lipinski definition) is 2. The van der Waals surface area contributed by atoms with Crippen LogP contribution in [-0.2, 0) is 17.8 Å². The molecule has 0 aliphatic rings. The zero-order valence-corrected chi connectivity index (χ0v) is 13.8. The van der Waals surface area contributed by atoms with Crippen molar-refractivity contribution in [3.05, 3.63) is 88.2 Å². The zero-order chi connectivity index (χ0) is 18.5. The molecular weight excluding hydrogens is 334 g/mol. The summed E-state index contributed by atoms with van der Waals surface area (Å²) >= 11 is 0. The summed E-state index contributed by atoms with van der Waals surface area (Å²) in [5.74, 6) is -0.323. The summed E-state index contributed by atoms with van der Waals surface area (Å²) in [6.45, 7) is 0.0216. The van der Waals surface area contributed by atoms with Crippen LogP contribution >= 0.6 is 0 Å². The number of non-ortho nitro benzene ring substituents is 1. The molecule has 0 fully saturated rings. The first-order valence-corrected chi connectivity index (χ1v) is 7.98. The van der Waals surface area contributed by atoms with E-state index in [1.165, 1.54) is 18.2 Å². The minimum atomic E-state index is -0.545. The fourth-order valence-corrected chi connectivity index (χ4v) is 2.56. The molecule has 0 bridgehead atoms. The van der Waals surface area contributed by atoms with Crippen molar-refractivity contribution in [1.29, 1.82) is 0 Å². The molecule has 132 valence electrons. The Morgan fingerprint density at radius 2 is 1.81 bits per heavy atom. The molecule has 1 heterocycles. The van der Waals surface area contributed by atoms with Gasteiger partial charge in [-0.15, -0.1) is 0 Å². The zero-order valence-electron chi connectivity index (χ0n) is 13.8. The summed E-state index contributed by atoms with van der Waals surface area (Å²) in [4.78, 5) is 22.3. The summed E-state index contributed by atoms with van der Waals surface area (Å²) < 4.78 is 1.97. The maximum absolute atomic E-state index is 12.1. The number of nitro groups is 1. The van der Waals surface area contributed by atoms with Crippen LogP contribution in [0.2, 0.25) is 0 Å². The summed E-state index contributed by atoms with van der Waals surface area (Å²) in [5, 5.41) is 23.2. The van der Waals surface area contributed by atoms with Crippen LogP contribution in [-0.4, -0.2) is 20.5 Å². The summed E-state index contributed by atoms with van der Waals surface area (Å²) in [6.07, 6.45) is 4.06. The van der Waals surface area contributed by atoms with Crippen LogP contribution in [0.3, 0.4) is 0 Å². The Balaban J connectivity index is 1.59. The molecule has 0 spiro atoms. The van der Waals surface area contributed by atoms with Gasteiger partial charge in [-0.2, -0.15) is 0 Å². The highest BCUT2D eigenvalue weighted by molar-refractivity contribution is 5.78. The second-order valence-corrected chi connectivity index (χ2v) is 5.78. The number of rotatable bonds is 6. The van der Waals surface area contributed by atoms with E-state index in [1.807, 2.05) is 53.4 Å². The SMILES string of the molecule is O=C(Cc1ccc(-n2cccc2)cc1)NCc1cc([N+](=O)[O-])ccc1O. The molecule has 0 saturated carbocycles. The molecule has 26 heavy (non-hydrogen) atoms. The van der Waals surface area contributed by atoms with Crippen molar-refractivity contribution in [2.24, 2.45) is 0 Å². The second-order valence-electron chi connectivity index (χ2n) is 5.78. The van der Waals surface area contributed by atoms with E-state index in [0.717, 1.165) is 11.3 Å². The van der Waals surface area contributed by atoms with E-state index < -0.39 is 4.92 Å². The fourth-order valence-electron chi connectivity index (χ4n) is 2.56. The summed E-state index contributed by atoms with van der Waals surface area (Å²) in [6, 6.07) is 15.2. The molecule has 2 N–H and O–H groups in total. The fraction of sp³-hybridized carbons (Fsp3) is 0.105. The number of aromatic hydroxyl groups is 1. The van der Waals surface area contributed by atoms with Crippen molar-refractivity contribution in [2.75, 3.05) is 0 Å². The Labute approximate surface area is 149 Å². The molecule has 0 radical (unpaired) electrons. The van der Waals surface area contributed by atoms with E-state index in [-0.39, 0.29) is 30.3 Å². The third-order valence-electron chi connectivity index (χ3n) is 3.95. The maximum Gasteiger partial charge on any atom is 0.270 e. The van der Waals surface area contributed by atoms with Crippen molar-refractivity contribution >= 4 is 11.6 Å². The highest BCUT2D eigenvalue weighted by atomic mass is 16.6. The first-order valence-electron chi connectivity index (χ1n) is 7.98. The van der Waals surface area contributed by atoms with Crippen molar-refractivity contribution in [3.8, 4) is 11.4 Å². The lowest BCUT2D eigenvalue weighted by Crippen LogP contribution is -2.24. The van der Waals surface area contributed by atoms with Crippen molar-refractivity contribution in [3.63, 3.8) is 0 Å². The lowest BCUT2D eigenvalue weighted by molar-refractivity contribution is -0.384.